The van der Waals surface area contributed by atoms with Crippen molar-refractivity contribution in [1.29, 1.82) is 0 Å². The third kappa shape index (κ3) is 6.11. The quantitative estimate of drug-likeness (QED) is 0.243. The van der Waals surface area contributed by atoms with Crippen LogP contribution in [0.25, 0.3) is 0 Å². The van der Waals surface area contributed by atoms with Gasteiger partial charge in [-0.25, -0.2) is 0 Å². The van der Waals surface area contributed by atoms with Gasteiger partial charge in [0.2, 0.25) is 0 Å². The highest BCUT2D eigenvalue weighted by molar-refractivity contribution is 5.66. The van der Waals surface area contributed by atoms with Gasteiger partial charge >= 0.3 is 5.97 Å². The van der Waals surface area contributed by atoms with Crippen LogP contribution in [0.3, 0.4) is 0 Å². The number of esters is 1. The van der Waals surface area contributed by atoms with Crippen LogP contribution >= 0.6 is 0 Å². The van der Waals surface area contributed by atoms with Crippen LogP contribution in [0.2, 0.25) is 0 Å². The van der Waals surface area contributed by atoms with Crippen molar-refractivity contribution < 1.29 is 19.4 Å². The predicted octanol–water partition coefficient (Wildman–Crippen LogP) is 6.48. The van der Waals surface area contributed by atoms with E-state index in [-0.39, 0.29) is 29.5 Å². The summed E-state index contributed by atoms with van der Waals surface area (Å²) in [6.07, 6.45) is 14.0. The highest BCUT2D eigenvalue weighted by atomic mass is 16.5. The van der Waals surface area contributed by atoms with Gasteiger partial charge in [0.1, 0.15) is 6.10 Å². The van der Waals surface area contributed by atoms with E-state index in [1.54, 1.807) is 12.5 Å². The van der Waals surface area contributed by atoms with E-state index in [9.17, 15) is 4.79 Å². The number of carbonyl (C=O) groups is 1. The molecule has 3 unspecified atom stereocenters. The molecule has 0 saturated heterocycles. The maximum atomic E-state index is 11.9. The molecule has 2 fully saturated rings. The molecule has 0 heterocycles. The summed E-state index contributed by atoms with van der Waals surface area (Å²) in [5.41, 5.74) is 3.47. The molecule has 4 nitrogen and oxygen atoms in total. The molecule has 0 spiro atoms. The molecule has 0 bridgehead atoms. The van der Waals surface area contributed by atoms with Crippen molar-refractivity contribution >= 4 is 5.97 Å². The van der Waals surface area contributed by atoms with Crippen LogP contribution in [0.4, 0.5) is 0 Å². The fourth-order valence-corrected chi connectivity index (χ4v) is 7.06. The molecule has 1 N–H and O–H groups in total. The van der Waals surface area contributed by atoms with Gasteiger partial charge < -0.3 is 14.6 Å². The monoisotopic (exact) mass is 460 g/mol. The van der Waals surface area contributed by atoms with Crippen LogP contribution in [-0.4, -0.2) is 37.0 Å². The number of ether oxygens (including phenoxy) is 2. The topological polar surface area (TPSA) is 55.8 Å². The second-order valence-corrected chi connectivity index (χ2v) is 12.0. The van der Waals surface area contributed by atoms with Crippen LogP contribution in [0.5, 0.6) is 0 Å². The first-order chi connectivity index (χ1) is 15.6. The van der Waals surface area contributed by atoms with Gasteiger partial charge in [-0.1, -0.05) is 64.3 Å². The van der Waals surface area contributed by atoms with E-state index >= 15 is 0 Å². The summed E-state index contributed by atoms with van der Waals surface area (Å²) in [4.78, 5) is 11.9. The molecule has 2 saturated carbocycles. The average Bonchev–Trinajstić information content (AvgIpc) is 2.74. The smallest absolute Gasteiger partial charge is 0.302 e. The molecule has 0 radical (unpaired) electrons. The number of fused-ring (bicyclic) bond motifs is 3. The van der Waals surface area contributed by atoms with Gasteiger partial charge in [-0.2, -0.15) is 0 Å². The normalized spacial score (nSPS) is 34.3. The van der Waals surface area contributed by atoms with Crippen molar-refractivity contribution in [3.05, 3.63) is 23.3 Å². The van der Waals surface area contributed by atoms with E-state index in [1.807, 2.05) is 0 Å². The lowest BCUT2D eigenvalue weighted by Gasteiger charge is -2.54. The van der Waals surface area contributed by atoms with Crippen LogP contribution in [0, 0.1) is 34.5 Å². The van der Waals surface area contributed by atoms with Crippen molar-refractivity contribution in [2.45, 2.75) is 99.0 Å². The maximum Gasteiger partial charge on any atom is 0.302 e. The molecule has 0 aliphatic heterocycles. The van der Waals surface area contributed by atoms with E-state index in [1.165, 1.54) is 24.8 Å². The fraction of sp³-hybridized carbons (Fsp3) is 0.828. The van der Waals surface area contributed by atoms with Gasteiger partial charge in [-0.05, 0) is 73.0 Å². The van der Waals surface area contributed by atoms with E-state index in [4.69, 9.17) is 14.6 Å². The Bertz CT molecular complexity index is 736. The zero-order chi connectivity index (χ0) is 24.2. The lowest BCUT2D eigenvalue weighted by molar-refractivity contribution is -0.149. The van der Waals surface area contributed by atoms with Crippen LogP contribution < -0.4 is 0 Å². The number of carbonyl (C=O) groups excluding carboxylic acids is 1. The number of rotatable bonds is 9. The van der Waals surface area contributed by atoms with E-state index in [2.05, 4.69) is 46.8 Å². The van der Waals surface area contributed by atoms with Gasteiger partial charge in [0.25, 0.3) is 0 Å². The van der Waals surface area contributed by atoms with E-state index in [0.29, 0.717) is 31.0 Å². The van der Waals surface area contributed by atoms with Crippen LogP contribution in [0.15, 0.2) is 23.3 Å². The minimum absolute atomic E-state index is 0.00602. The third-order valence-corrected chi connectivity index (χ3v) is 9.14. The molecule has 3 rings (SSSR count). The summed E-state index contributed by atoms with van der Waals surface area (Å²) in [6.45, 7) is 14.4. The first-order valence-corrected chi connectivity index (χ1v) is 13.3. The molecule has 3 aliphatic carbocycles. The molecule has 0 aromatic carbocycles. The summed E-state index contributed by atoms with van der Waals surface area (Å²) in [5.74, 6) is 2.28. The molecule has 0 amide bonds. The number of aliphatic hydroxyl groups excluding tert-OH is 1. The average molecular weight is 461 g/mol. The van der Waals surface area contributed by atoms with Gasteiger partial charge in [0.15, 0.2) is 0 Å². The Labute approximate surface area is 202 Å². The highest BCUT2D eigenvalue weighted by Crippen LogP contribution is 2.59. The highest BCUT2D eigenvalue weighted by Gasteiger charge is 2.50. The second-order valence-electron chi connectivity index (χ2n) is 12.0. The number of hydrogen-bond acceptors (Lipinski definition) is 4. The van der Waals surface area contributed by atoms with E-state index < -0.39 is 0 Å². The van der Waals surface area contributed by atoms with Crippen molar-refractivity contribution in [2.24, 2.45) is 34.5 Å². The Kier molecular flexibility index (Phi) is 8.88. The molecule has 0 aromatic rings. The van der Waals surface area contributed by atoms with Crippen LogP contribution in [0.1, 0.15) is 92.9 Å². The molecule has 3 aliphatic rings. The summed E-state index contributed by atoms with van der Waals surface area (Å²) in [6, 6.07) is 0. The summed E-state index contributed by atoms with van der Waals surface area (Å²) in [5, 5.41) is 9.07. The summed E-state index contributed by atoms with van der Waals surface area (Å²) >= 11 is 0. The largest absolute Gasteiger partial charge is 0.462 e. The van der Waals surface area contributed by atoms with Crippen molar-refractivity contribution in [3.63, 3.8) is 0 Å². The summed E-state index contributed by atoms with van der Waals surface area (Å²) < 4.78 is 11.6. The Morgan fingerprint density at radius 1 is 1.36 bits per heavy atom. The minimum atomic E-state index is -0.152. The number of aliphatic hydroxyl groups is 1. The molecule has 6 atom stereocenters. The SMILES string of the molecule is CCC(C/C=C1\C[C@H](OC(C)=O)CC2C1CC=C1C[C@@H](C)CC[C@@]12C)C(C)(C)COCCO. The first kappa shape index (κ1) is 26.5. The molecule has 0 aromatic heterocycles. The molecule has 4 heteroatoms. The predicted molar refractivity (Wildman–Crippen MR) is 134 cm³/mol. The lowest BCUT2D eigenvalue weighted by Crippen LogP contribution is -2.46. The lowest BCUT2D eigenvalue weighted by atomic mass is 9.51. The molecule has 33 heavy (non-hydrogen) atoms. The van der Waals surface area contributed by atoms with Gasteiger partial charge in [-0.3, -0.25) is 4.79 Å². The number of allylic oxidation sites excluding steroid dienone is 3. The third-order valence-electron chi connectivity index (χ3n) is 9.14. The first-order valence-electron chi connectivity index (χ1n) is 13.3. The zero-order valence-corrected chi connectivity index (χ0v) is 22.0. The molecule has 188 valence electrons. The minimum Gasteiger partial charge on any atom is -0.462 e. The number of hydrogen-bond donors (Lipinski definition) is 1. The van der Waals surface area contributed by atoms with Crippen molar-refractivity contribution in [3.8, 4) is 0 Å². The Morgan fingerprint density at radius 2 is 2.12 bits per heavy atom. The Morgan fingerprint density at radius 3 is 2.79 bits per heavy atom. The maximum absolute atomic E-state index is 11.9. The second kappa shape index (κ2) is 11.1. The Hall–Kier alpha value is -1.13. The Balaban J connectivity index is 1.83. The van der Waals surface area contributed by atoms with E-state index in [0.717, 1.165) is 38.0 Å². The van der Waals surface area contributed by atoms with Gasteiger partial charge in [0.05, 0.1) is 19.8 Å². The van der Waals surface area contributed by atoms with Gasteiger partial charge in [0, 0.05) is 13.3 Å². The fourth-order valence-electron chi connectivity index (χ4n) is 7.06. The molecular formula is C29H48O4. The van der Waals surface area contributed by atoms with Crippen molar-refractivity contribution in [2.75, 3.05) is 19.8 Å². The van der Waals surface area contributed by atoms with Crippen molar-refractivity contribution in [1.82, 2.24) is 0 Å². The zero-order valence-electron chi connectivity index (χ0n) is 22.0. The molecular weight excluding hydrogens is 412 g/mol. The standard InChI is InChI=1S/C29H48O4/c1-7-23(28(4,5)19-32-15-14-30)9-8-22-17-25(33-21(3)31)18-27-26(22)11-10-24-16-20(2)12-13-29(24,27)6/h8,10,20,23,25-27,30H,7,9,11-19H2,1-6H3/b22-8+/t20-,23?,25-,26?,27?,29-/m0/s1. The van der Waals surface area contributed by atoms with Gasteiger partial charge in [-0.15, -0.1) is 0 Å². The van der Waals surface area contributed by atoms with Crippen LogP contribution in [-0.2, 0) is 14.3 Å². The summed E-state index contributed by atoms with van der Waals surface area (Å²) in [7, 11) is 0.